The van der Waals surface area contributed by atoms with E-state index < -0.39 is 6.10 Å². The fourth-order valence-electron chi connectivity index (χ4n) is 2.64. The number of amides is 1. The van der Waals surface area contributed by atoms with Crippen molar-refractivity contribution in [2.45, 2.75) is 51.7 Å². The fourth-order valence-corrected chi connectivity index (χ4v) is 2.64. The summed E-state index contributed by atoms with van der Waals surface area (Å²) in [5.74, 6) is -0.507. The van der Waals surface area contributed by atoms with E-state index in [0.717, 1.165) is 31.2 Å². The van der Waals surface area contributed by atoms with E-state index in [-0.39, 0.29) is 23.8 Å². The second-order valence-corrected chi connectivity index (χ2v) is 5.70. The first-order chi connectivity index (χ1) is 10.1. The minimum Gasteiger partial charge on any atom is -0.452 e. The van der Waals surface area contributed by atoms with Gasteiger partial charge >= 0.3 is 5.97 Å². The second kappa shape index (κ2) is 7.25. The van der Waals surface area contributed by atoms with Crippen molar-refractivity contribution in [3.05, 3.63) is 35.9 Å². The zero-order chi connectivity index (χ0) is 15.2. The van der Waals surface area contributed by atoms with Crippen LogP contribution in [-0.2, 0) is 14.3 Å². The van der Waals surface area contributed by atoms with Crippen LogP contribution in [0.25, 0.3) is 0 Å². The molecule has 0 saturated heterocycles. The van der Waals surface area contributed by atoms with E-state index in [9.17, 15) is 9.59 Å². The van der Waals surface area contributed by atoms with Gasteiger partial charge in [-0.15, -0.1) is 0 Å². The molecule has 2 rings (SSSR count). The molecule has 1 fully saturated rings. The highest BCUT2D eigenvalue weighted by Gasteiger charge is 2.27. The van der Waals surface area contributed by atoms with Crippen molar-refractivity contribution in [2.24, 2.45) is 5.92 Å². The molecule has 1 aromatic carbocycles. The first kappa shape index (κ1) is 15.5. The molecule has 0 radical (unpaired) electrons. The number of hydrogen-bond donors (Lipinski definition) is 1. The zero-order valence-corrected chi connectivity index (χ0v) is 12.7. The van der Waals surface area contributed by atoms with Gasteiger partial charge in [-0.25, -0.2) is 0 Å². The third-order valence-electron chi connectivity index (χ3n) is 4.01. The fraction of sp³-hybridized carbons (Fsp3) is 0.529. The average molecular weight is 289 g/mol. The molecule has 21 heavy (non-hydrogen) atoms. The smallest absolute Gasteiger partial charge is 0.309 e. The zero-order valence-electron chi connectivity index (χ0n) is 12.7. The van der Waals surface area contributed by atoms with E-state index in [4.69, 9.17) is 4.74 Å². The van der Waals surface area contributed by atoms with Gasteiger partial charge in [-0.2, -0.15) is 0 Å². The topological polar surface area (TPSA) is 55.4 Å². The van der Waals surface area contributed by atoms with Crippen LogP contribution in [0, 0.1) is 5.92 Å². The molecule has 0 bridgehead atoms. The molecule has 0 aliphatic heterocycles. The van der Waals surface area contributed by atoms with Gasteiger partial charge < -0.3 is 10.1 Å². The first-order valence-corrected chi connectivity index (χ1v) is 7.63. The number of carbonyl (C=O) groups is 2. The molecule has 1 aliphatic rings. The maximum Gasteiger partial charge on any atom is 0.309 e. The predicted octanol–water partition coefficient (Wildman–Crippen LogP) is 2.99. The Morgan fingerprint density at radius 2 is 1.76 bits per heavy atom. The SMILES string of the molecule is C[C@@H](OC(=O)C1CCCC1)C(=O)N[C@H](C)c1ccccc1. The molecular formula is C17H23NO3. The summed E-state index contributed by atoms with van der Waals surface area (Å²) in [7, 11) is 0. The van der Waals surface area contributed by atoms with Crippen molar-refractivity contribution in [3.8, 4) is 0 Å². The summed E-state index contributed by atoms with van der Waals surface area (Å²) in [5.41, 5.74) is 1.03. The van der Waals surface area contributed by atoms with Crippen LogP contribution in [0.2, 0.25) is 0 Å². The lowest BCUT2D eigenvalue weighted by Crippen LogP contribution is -2.38. The van der Waals surface area contributed by atoms with Crippen LogP contribution >= 0.6 is 0 Å². The van der Waals surface area contributed by atoms with Crippen molar-refractivity contribution < 1.29 is 14.3 Å². The summed E-state index contributed by atoms with van der Waals surface area (Å²) in [6.45, 7) is 3.54. The third-order valence-corrected chi connectivity index (χ3v) is 4.01. The van der Waals surface area contributed by atoms with Gasteiger partial charge in [0.05, 0.1) is 12.0 Å². The Balaban J connectivity index is 1.83. The van der Waals surface area contributed by atoms with Gasteiger partial charge in [-0.1, -0.05) is 43.2 Å². The summed E-state index contributed by atoms with van der Waals surface area (Å²) < 4.78 is 5.28. The molecule has 0 heterocycles. The maximum atomic E-state index is 12.1. The second-order valence-electron chi connectivity index (χ2n) is 5.70. The monoisotopic (exact) mass is 289 g/mol. The molecule has 0 spiro atoms. The standard InChI is InChI=1S/C17H23NO3/c1-12(14-8-4-3-5-9-14)18-16(19)13(2)21-17(20)15-10-6-7-11-15/h3-5,8-9,12-13,15H,6-7,10-11H2,1-2H3,(H,18,19)/t12-,13-/m1/s1. The van der Waals surface area contributed by atoms with Crippen molar-refractivity contribution >= 4 is 11.9 Å². The van der Waals surface area contributed by atoms with Crippen LogP contribution in [-0.4, -0.2) is 18.0 Å². The van der Waals surface area contributed by atoms with Gasteiger partial charge in [0.2, 0.25) is 0 Å². The van der Waals surface area contributed by atoms with Crippen LogP contribution in [0.1, 0.15) is 51.1 Å². The third kappa shape index (κ3) is 4.31. The van der Waals surface area contributed by atoms with E-state index in [0.29, 0.717) is 0 Å². The number of nitrogens with one attached hydrogen (secondary N) is 1. The molecule has 1 aromatic rings. The largest absolute Gasteiger partial charge is 0.452 e. The highest BCUT2D eigenvalue weighted by atomic mass is 16.5. The summed E-state index contributed by atoms with van der Waals surface area (Å²) >= 11 is 0. The predicted molar refractivity (Wildman–Crippen MR) is 80.5 cm³/mol. The van der Waals surface area contributed by atoms with Crippen molar-refractivity contribution in [1.29, 1.82) is 0 Å². The van der Waals surface area contributed by atoms with E-state index in [1.54, 1.807) is 6.92 Å². The highest BCUT2D eigenvalue weighted by Crippen LogP contribution is 2.26. The van der Waals surface area contributed by atoms with Crippen LogP contribution in [0.3, 0.4) is 0 Å². The maximum absolute atomic E-state index is 12.1. The summed E-state index contributed by atoms with van der Waals surface area (Å²) in [4.78, 5) is 24.0. The van der Waals surface area contributed by atoms with Gasteiger partial charge in [0.15, 0.2) is 6.10 Å². The molecule has 4 nitrogen and oxygen atoms in total. The van der Waals surface area contributed by atoms with Crippen LogP contribution in [0.15, 0.2) is 30.3 Å². The molecule has 2 atom stereocenters. The Labute approximate surface area is 125 Å². The average Bonchev–Trinajstić information content (AvgIpc) is 3.02. The molecule has 1 amide bonds. The van der Waals surface area contributed by atoms with Gasteiger partial charge in [0.25, 0.3) is 5.91 Å². The molecule has 1 saturated carbocycles. The highest BCUT2D eigenvalue weighted by molar-refractivity contribution is 5.84. The van der Waals surface area contributed by atoms with E-state index in [2.05, 4.69) is 5.32 Å². The molecule has 0 unspecified atom stereocenters. The molecule has 114 valence electrons. The summed E-state index contributed by atoms with van der Waals surface area (Å²) in [6.07, 6.45) is 3.17. The normalized spacial score (nSPS) is 18.0. The van der Waals surface area contributed by atoms with Gasteiger partial charge in [0, 0.05) is 0 Å². The number of benzene rings is 1. The summed E-state index contributed by atoms with van der Waals surface area (Å²) in [6, 6.07) is 9.61. The van der Waals surface area contributed by atoms with Gasteiger partial charge in [-0.05, 0) is 32.3 Å². The van der Waals surface area contributed by atoms with Crippen molar-refractivity contribution in [2.75, 3.05) is 0 Å². The lowest BCUT2D eigenvalue weighted by Gasteiger charge is -2.19. The first-order valence-electron chi connectivity index (χ1n) is 7.63. The molecular weight excluding hydrogens is 266 g/mol. The minimum absolute atomic E-state index is 0.0215. The van der Waals surface area contributed by atoms with E-state index >= 15 is 0 Å². The number of ether oxygens (including phenoxy) is 1. The quantitative estimate of drug-likeness (QED) is 0.848. The van der Waals surface area contributed by atoms with E-state index in [1.165, 1.54) is 0 Å². The van der Waals surface area contributed by atoms with Crippen molar-refractivity contribution in [1.82, 2.24) is 5.32 Å². The number of hydrogen-bond acceptors (Lipinski definition) is 3. The lowest BCUT2D eigenvalue weighted by molar-refractivity contribution is -0.158. The number of carbonyl (C=O) groups excluding carboxylic acids is 2. The van der Waals surface area contributed by atoms with Crippen LogP contribution in [0.5, 0.6) is 0 Å². The Morgan fingerprint density at radius 1 is 1.14 bits per heavy atom. The number of rotatable bonds is 5. The molecule has 0 aromatic heterocycles. The van der Waals surface area contributed by atoms with E-state index in [1.807, 2.05) is 37.3 Å². The van der Waals surface area contributed by atoms with Crippen LogP contribution < -0.4 is 5.32 Å². The summed E-state index contributed by atoms with van der Waals surface area (Å²) in [5, 5.41) is 2.88. The molecule has 4 heteroatoms. The lowest BCUT2D eigenvalue weighted by atomic mass is 10.1. The van der Waals surface area contributed by atoms with Crippen molar-refractivity contribution in [3.63, 3.8) is 0 Å². The molecule has 1 aliphatic carbocycles. The Bertz CT molecular complexity index is 480. The molecule has 1 N–H and O–H groups in total. The van der Waals surface area contributed by atoms with Gasteiger partial charge in [-0.3, -0.25) is 9.59 Å². The Hall–Kier alpha value is -1.84. The minimum atomic E-state index is -0.746. The Kier molecular flexibility index (Phi) is 5.37. The van der Waals surface area contributed by atoms with Crippen LogP contribution in [0.4, 0.5) is 0 Å². The Morgan fingerprint density at radius 3 is 2.38 bits per heavy atom. The number of esters is 1. The van der Waals surface area contributed by atoms with Gasteiger partial charge in [0.1, 0.15) is 0 Å².